The summed E-state index contributed by atoms with van der Waals surface area (Å²) in [6.07, 6.45) is 7.43. The van der Waals surface area contributed by atoms with Gasteiger partial charge in [0.1, 0.15) is 5.60 Å². The highest BCUT2D eigenvalue weighted by Crippen LogP contribution is 2.37. The monoisotopic (exact) mass is 258 g/mol. The molecular formula is C14H26O2S. The molecule has 0 aliphatic heterocycles. The van der Waals surface area contributed by atoms with Crippen LogP contribution >= 0.6 is 12.6 Å². The zero-order chi connectivity index (χ0) is 12.9. The molecule has 0 N–H and O–H groups in total. The van der Waals surface area contributed by atoms with Crippen LogP contribution in [0.15, 0.2) is 0 Å². The van der Waals surface area contributed by atoms with E-state index in [1.807, 2.05) is 13.8 Å². The van der Waals surface area contributed by atoms with Crippen molar-refractivity contribution >= 4 is 18.6 Å². The topological polar surface area (TPSA) is 26.3 Å². The predicted octanol–water partition coefficient (Wildman–Crippen LogP) is 3.99. The SMILES string of the molecule is CCC1(OC(=O)C(C)(CC)CS)CCCCC1. The smallest absolute Gasteiger partial charge is 0.313 e. The van der Waals surface area contributed by atoms with Crippen LogP contribution in [0.3, 0.4) is 0 Å². The summed E-state index contributed by atoms with van der Waals surface area (Å²) in [5, 5.41) is 0. The lowest BCUT2D eigenvalue weighted by atomic mass is 9.82. The molecule has 0 aromatic heterocycles. The lowest BCUT2D eigenvalue weighted by Crippen LogP contribution is -2.42. The van der Waals surface area contributed by atoms with E-state index in [2.05, 4.69) is 19.6 Å². The van der Waals surface area contributed by atoms with Gasteiger partial charge < -0.3 is 4.74 Å². The Balaban J connectivity index is 2.70. The molecule has 100 valence electrons. The molecular weight excluding hydrogens is 232 g/mol. The van der Waals surface area contributed by atoms with Gasteiger partial charge in [-0.3, -0.25) is 4.79 Å². The third-order valence-electron chi connectivity index (χ3n) is 4.34. The van der Waals surface area contributed by atoms with Crippen LogP contribution in [0.4, 0.5) is 0 Å². The van der Waals surface area contributed by atoms with Crippen LogP contribution in [0.1, 0.15) is 65.7 Å². The van der Waals surface area contributed by atoms with Gasteiger partial charge in [-0.25, -0.2) is 0 Å². The van der Waals surface area contributed by atoms with E-state index in [9.17, 15) is 4.79 Å². The van der Waals surface area contributed by atoms with Crippen LogP contribution in [0.2, 0.25) is 0 Å². The minimum atomic E-state index is -0.428. The van der Waals surface area contributed by atoms with E-state index < -0.39 is 5.41 Å². The van der Waals surface area contributed by atoms with Crippen LogP contribution in [0, 0.1) is 5.41 Å². The Kier molecular flexibility index (Phi) is 5.36. The van der Waals surface area contributed by atoms with Crippen molar-refractivity contribution in [2.24, 2.45) is 5.41 Å². The van der Waals surface area contributed by atoms with E-state index in [0.717, 1.165) is 25.7 Å². The normalized spacial score (nSPS) is 22.8. The van der Waals surface area contributed by atoms with Crippen molar-refractivity contribution in [1.82, 2.24) is 0 Å². The summed E-state index contributed by atoms with van der Waals surface area (Å²) in [5.41, 5.74) is -0.614. The first-order valence-corrected chi connectivity index (χ1v) is 7.49. The summed E-state index contributed by atoms with van der Waals surface area (Å²) in [6, 6.07) is 0. The van der Waals surface area contributed by atoms with Gasteiger partial charge >= 0.3 is 5.97 Å². The zero-order valence-corrected chi connectivity index (χ0v) is 12.3. The highest BCUT2D eigenvalue weighted by molar-refractivity contribution is 7.80. The molecule has 1 aliphatic rings. The number of thiol groups is 1. The number of rotatable bonds is 5. The van der Waals surface area contributed by atoms with Crippen molar-refractivity contribution < 1.29 is 9.53 Å². The average Bonchev–Trinajstić information content (AvgIpc) is 2.38. The van der Waals surface area contributed by atoms with Gasteiger partial charge in [-0.15, -0.1) is 0 Å². The Morgan fingerprint density at radius 3 is 2.29 bits per heavy atom. The number of carbonyl (C=O) groups is 1. The molecule has 0 saturated heterocycles. The molecule has 3 heteroatoms. The first-order chi connectivity index (χ1) is 8.02. The highest BCUT2D eigenvalue weighted by atomic mass is 32.1. The molecule has 17 heavy (non-hydrogen) atoms. The summed E-state index contributed by atoms with van der Waals surface area (Å²) >= 11 is 4.29. The molecule has 0 aromatic rings. The van der Waals surface area contributed by atoms with Gasteiger partial charge in [-0.2, -0.15) is 12.6 Å². The minimum absolute atomic E-state index is 0.0567. The molecule has 0 heterocycles. The van der Waals surface area contributed by atoms with Crippen molar-refractivity contribution in [3.8, 4) is 0 Å². The number of esters is 1. The molecule has 0 aromatic carbocycles. The second-order valence-electron chi connectivity index (χ2n) is 5.56. The molecule has 0 amide bonds. The fraction of sp³-hybridized carbons (Fsp3) is 0.929. The Morgan fingerprint density at radius 1 is 1.29 bits per heavy atom. The second kappa shape index (κ2) is 6.12. The highest BCUT2D eigenvalue weighted by Gasteiger charge is 2.39. The Hall–Kier alpha value is -0.180. The Bertz CT molecular complexity index is 253. The van der Waals surface area contributed by atoms with E-state index in [1.165, 1.54) is 19.3 Å². The largest absolute Gasteiger partial charge is 0.459 e. The van der Waals surface area contributed by atoms with E-state index in [1.54, 1.807) is 0 Å². The van der Waals surface area contributed by atoms with Crippen LogP contribution in [0.5, 0.6) is 0 Å². The van der Waals surface area contributed by atoms with Crippen LogP contribution in [-0.4, -0.2) is 17.3 Å². The summed E-state index contributed by atoms with van der Waals surface area (Å²) < 4.78 is 5.89. The molecule has 1 rings (SSSR count). The number of hydrogen-bond donors (Lipinski definition) is 1. The Morgan fingerprint density at radius 2 is 1.88 bits per heavy atom. The first-order valence-electron chi connectivity index (χ1n) is 6.86. The fourth-order valence-corrected chi connectivity index (χ4v) is 2.72. The molecule has 0 bridgehead atoms. The van der Waals surface area contributed by atoms with Crippen molar-refractivity contribution in [3.63, 3.8) is 0 Å². The zero-order valence-electron chi connectivity index (χ0n) is 11.4. The van der Waals surface area contributed by atoms with Gasteiger partial charge in [0.15, 0.2) is 0 Å². The quantitative estimate of drug-likeness (QED) is 0.596. The van der Waals surface area contributed by atoms with Gasteiger partial charge in [-0.05, 0) is 45.4 Å². The second-order valence-corrected chi connectivity index (χ2v) is 5.88. The van der Waals surface area contributed by atoms with Gasteiger partial charge in [0.05, 0.1) is 5.41 Å². The standard InChI is InChI=1S/C14H26O2S/c1-4-13(3,11-17)12(15)16-14(5-2)9-7-6-8-10-14/h17H,4-11H2,1-3H3. The summed E-state index contributed by atoms with van der Waals surface area (Å²) in [5.74, 6) is 0.501. The van der Waals surface area contributed by atoms with Gasteiger partial charge in [0.25, 0.3) is 0 Å². The van der Waals surface area contributed by atoms with Gasteiger partial charge in [-0.1, -0.05) is 20.3 Å². The van der Waals surface area contributed by atoms with Gasteiger partial charge in [0.2, 0.25) is 0 Å². The fourth-order valence-electron chi connectivity index (χ4n) is 2.36. The maximum Gasteiger partial charge on any atom is 0.313 e. The number of hydrogen-bond acceptors (Lipinski definition) is 3. The molecule has 1 saturated carbocycles. The lowest BCUT2D eigenvalue weighted by Gasteiger charge is -2.38. The molecule has 0 spiro atoms. The van der Waals surface area contributed by atoms with Crippen LogP contribution < -0.4 is 0 Å². The average molecular weight is 258 g/mol. The molecule has 0 radical (unpaired) electrons. The summed E-state index contributed by atoms with van der Waals surface area (Å²) in [6.45, 7) is 6.11. The van der Waals surface area contributed by atoms with Crippen LogP contribution in [-0.2, 0) is 9.53 Å². The Labute approximate surface area is 111 Å². The third-order valence-corrected chi connectivity index (χ3v) is 5.04. The number of carbonyl (C=O) groups excluding carboxylic acids is 1. The van der Waals surface area contributed by atoms with Crippen molar-refractivity contribution in [2.45, 2.75) is 71.3 Å². The lowest BCUT2D eigenvalue weighted by molar-refractivity contribution is -0.174. The van der Waals surface area contributed by atoms with Gasteiger partial charge in [0, 0.05) is 5.75 Å². The van der Waals surface area contributed by atoms with Crippen molar-refractivity contribution in [1.29, 1.82) is 0 Å². The van der Waals surface area contributed by atoms with Crippen LogP contribution in [0.25, 0.3) is 0 Å². The summed E-state index contributed by atoms with van der Waals surface area (Å²) in [4.78, 5) is 12.3. The minimum Gasteiger partial charge on any atom is -0.459 e. The van der Waals surface area contributed by atoms with E-state index in [4.69, 9.17) is 4.74 Å². The summed E-state index contributed by atoms with van der Waals surface area (Å²) in [7, 11) is 0. The van der Waals surface area contributed by atoms with Crippen molar-refractivity contribution in [2.75, 3.05) is 5.75 Å². The van der Waals surface area contributed by atoms with E-state index in [-0.39, 0.29) is 11.6 Å². The maximum absolute atomic E-state index is 12.3. The molecule has 1 aliphatic carbocycles. The molecule has 1 fully saturated rings. The predicted molar refractivity (Wildman–Crippen MR) is 74.5 cm³/mol. The third kappa shape index (κ3) is 3.40. The molecule has 1 atom stereocenters. The maximum atomic E-state index is 12.3. The van der Waals surface area contributed by atoms with E-state index in [0.29, 0.717) is 5.75 Å². The van der Waals surface area contributed by atoms with Crippen molar-refractivity contribution in [3.05, 3.63) is 0 Å². The van der Waals surface area contributed by atoms with E-state index >= 15 is 0 Å². The first kappa shape index (κ1) is 14.9. The molecule has 2 nitrogen and oxygen atoms in total. The number of ether oxygens (including phenoxy) is 1. The molecule has 1 unspecified atom stereocenters.